The molecule has 3 heterocycles. The van der Waals surface area contributed by atoms with Crippen LogP contribution in [-0.4, -0.2) is 25.2 Å². The van der Waals surface area contributed by atoms with Gasteiger partial charge in [0.2, 0.25) is 5.82 Å². The van der Waals surface area contributed by atoms with Gasteiger partial charge in [0.15, 0.2) is 0 Å². The van der Waals surface area contributed by atoms with Crippen LogP contribution in [0.3, 0.4) is 0 Å². The average molecular weight is 328 g/mol. The highest BCUT2D eigenvalue weighted by Gasteiger charge is 2.38. The van der Waals surface area contributed by atoms with E-state index in [1.165, 1.54) is 24.7 Å². The van der Waals surface area contributed by atoms with Gasteiger partial charge in [0.05, 0.1) is 16.8 Å². The van der Waals surface area contributed by atoms with Gasteiger partial charge in [-0.3, -0.25) is 9.97 Å². The molecule has 1 unspecified atom stereocenters. The van der Waals surface area contributed by atoms with Gasteiger partial charge in [0.1, 0.15) is 6.10 Å². The van der Waals surface area contributed by atoms with Crippen molar-refractivity contribution in [3.8, 4) is 10.7 Å². The molecule has 0 saturated carbocycles. The lowest BCUT2D eigenvalue weighted by Gasteiger charge is -2.05. The van der Waals surface area contributed by atoms with E-state index in [4.69, 9.17) is 0 Å². The van der Waals surface area contributed by atoms with Crippen LogP contribution >= 0.6 is 11.3 Å². The maximum Gasteiger partial charge on any atom is 0.471 e. The van der Waals surface area contributed by atoms with Crippen molar-refractivity contribution < 1.29 is 22.8 Å². The second-order valence-corrected chi connectivity index (χ2v) is 5.27. The maximum atomic E-state index is 12.4. The summed E-state index contributed by atoms with van der Waals surface area (Å²) in [6.45, 7) is 0. The maximum absolute atomic E-state index is 12.4. The van der Waals surface area contributed by atoms with Gasteiger partial charge < -0.3 is 9.63 Å². The molecule has 3 aromatic rings. The van der Waals surface area contributed by atoms with E-state index in [-0.39, 0.29) is 5.82 Å². The molecular weight excluding hydrogens is 321 g/mol. The molecule has 0 aliphatic carbocycles. The number of aliphatic hydroxyl groups is 1. The van der Waals surface area contributed by atoms with Gasteiger partial charge in [-0.15, -0.1) is 11.3 Å². The Kier molecular flexibility index (Phi) is 3.62. The molecule has 1 atom stereocenters. The van der Waals surface area contributed by atoms with Crippen molar-refractivity contribution in [2.75, 3.05) is 0 Å². The van der Waals surface area contributed by atoms with Crippen molar-refractivity contribution in [2.45, 2.75) is 12.3 Å². The number of hydrogen-bond acceptors (Lipinski definition) is 7. The molecule has 0 aliphatic heterocycles. The van der Waals surface area contributed by atoms with Gasteiger partial charge in [-0.1, -0.05) is 5.16 Å². The van der Waals surface area contributed by atoms with Crippen LogP contribution in [0.25, 0.3) is 10.7 Å². The molecule has 0 bridgehead atoms. The normalized spacial score (nSPS) is 13.3. The smallest absolute Gasteiger partial charge is 0.381 e. The van der Waals surface area contributed by atoms with E-state index < -0.39 is 18.2 Å². The quantitative estimate of drug-likeness (QED) is 0.796. The van der Waals surface area contributed by atoms with Gasteiger partial charge in [-0.05, 0) is 12.1 Å². The van der Waals surface area contributed by atoms with Crippen LogP contribution in [-0.2, 0) is 6.18 Å². The SMILES string of the molecule is OC(c1cnccn1)c1ccc(-c2noc(C(F)(F)F)n2)s1. The first-order valence-corrected chi connectivity index (χ1v) is 6.72. The largest absolute Gasteiger partial charge is 0.471 e. The molecule has 0 aliphatic rings. The zero-order chi connectivity index (χ0) is 15.7. The van der Waals surface area contributed by atoms with Crippen molar-refractivity contribution >= 4 is 11.3 Å². The molecule has 0 saturated heterocycles. The lowest BCUT2D eigenvalue weighted by atomic mass is 10.2. The first-order valence-electron chi connectivity index (χ1n) is 5.90. The molecule has 22 heavy (non-hydrogen) atoms. The summed E-state index contributed by atoms with van der Waals surface area (Å²) in [5.41, 5.74) is 0.333. The molecule has 6 nitrogen and oxygen atoms in total. The van der Waals surface area contributed by atoms with E-state index in [1.807, 2.05) is 0 Å². The highest BCUT2D eigenvalue weighted by atomic mass is 32.1. The summed E-state index contributed by atoms with van der Waals surface area (Å²) in [6.07, 6.45) is -1.41. The lowest BCUT2D eigenvalue weighted by molar-refractivity contribution is -0.159. The van der Waals surface area contributed by atoms with Crippen LogP contribution in [0.5, 0.6) is 0 Å². The van der Waals surface area contributed by atoms with E-state index in [9.17, 15) is 18.3 Å². The second-order valence-electron chi connectivity index (χ2n) is 4.16. The zero-order valence-electron chi connectivity index (χ0n) is 10.7. The molecule has 3 aromatic heterocycles. The number of rotatable bonds is 3. The number of halogens is 3. The average Bonchev–Trinajstić information content (AvgIpc) is 3.15. The minimum Gasteiger partial charge on any atom is -0.381 e. The Morgan fingerprint density at radius 3 is 2.68 bits per heavy atom. The first-order chi connectivity index (χ1) is 10.4. The second kappa shape index (κ2) is 5.46. The highest BCUT2D eigenvalue weighted by Crippen LogP contribution is 2.34. The van der Waals surface area contributed by atoms with Crippen molar-refractivity contribution in [3.63, 3.8) is 0 Å². The van der Waals surface area contributed by atoms with Crippen LogP contribution in [0.2, 0.25) is 0 Å². The number of thiophene rings is 1. The van der Waals surface area contributed by atoms with Crippen LogP contribution in [0, 0.1) is 0 Å². The fourth-order valence-corrected chi connectivity index (χ4v) is 2.59. The van der Waals surface area contributed by atoms with Gasteiger partial charge in [0.25, 0.3) is 0 Å². The Hall–Kier alpha value is -2.33. The summed E-state index contributed by atoms with van der Waals surface area (Å²) in [4.78, 5) is 11.9. The molecule has 3 rings (SSSR count). The fraction of sp³-hybridized carbons (Fsp3) is 0.167. The number of alkyl halides is 3. The molecule has 10 heteroatoms. The van der Waals surface area contributed by atoms with Crippen molar-refractivity contribution in [3.05, 3.63) is 47.2 Å². The highest BCUT2D eigenvalue weighted by molar-refractivity contribution is 7.15. The molecule has 0 fully saturated rings. The van der Waals surface area contributed by atoms with Crippen molar-refractivity contribution in [1.82, 2.24) is 20.1 Å². The van der Waals surface area contributed by atoms with E-state index >= 15 is 0 Å². The monoisotopic (exact) mass is 328 g/mol. The number of hydrogen-bond donors (Lipinski definition) is 1. The molecule has 0 radical (unpaired) electrons. The topological polar surface area (TPSA) is 84.9 Å². The Balaban J connectivity index is 1.86. The van der Waals surface area contributed by atoms with E-state index in [2.05, 4.69) is 24.6 Å². The molecule has 0 amide bonds. The van der Waals surface area contributed by atoms with Crippen LogP contribution < -0.4 is 0 Å². The predicted molar refractivity (Wildman–Crippen MR) is 68.7 cm³/mol. The van der Waals surface area contributed by atoms with E-state index in [0.29, 0.717) is 15.4 Å². The fourth-order valence-electron chi connectivity index (χ4n) is 1.66. The van der Waals surface area contributed by atoms with E-state index in [1.54, 1.807) is 6.07 Å². The summed E-state index contributed by atoms with van der Waals surface area (Å²) in [5, 5.41) is 13.4. The van der Waals surface area contributed by atoms with Gasteiger partial charge in [-0.25, -0.2) is 0 Å². The molecule has 1 N–H and O–H groups in total. The van der Waals surface area contributed by atoms with Crippen molar-refractivity contribution in [2.24, 2.45) is 0 Å². The molecule has 0 spiro atoms. The number of aromatic nitrogens is 4. The van der Waals surface area contributed by atoms with Gasteiger partial charge in [-0.2, -0.15) is 18.2 Å². The Labute approximate surface area is 125 Å². The molecule has 0 aromatic carbocycles. The minimum atomic E-state index is -4.69. The number of nitrogens with zero attached hydrogens (tertiary/aromatic N) is 4. The summed E-state index contributed by atoms with van der Waals surface area (Å²) in [5.74, 6) is -1.60. The third kappa shape index (κ3) is 2.83. The van der Waals surface area contributed by atoms with Crippen LogP contribution in [0.4, 0.5) is 13.2 Å². The minimum absolute atomic E-state index is 0.185. The third-order valence-electron chi connectivity index (χ3n) is 2.65. The van der Waals surface area contributed by atoms with Gasteiger partial charge in [0, 0.05) is 17.3 Å². The van der Waals surface area contributed by atoms with Crippen LogP contribution in [0.1, 0.15) is 22.6 Å². The predicted octanol–water partition coefficient (Wildman–Crippen LogP) is 2.69. The Morgan fingerprint density at radius 2 is 2.05 bits per heavy atom. The van der Waals surface area contributed by atoms with Gasteiger partial charge >= 0.3 is 12.1 Å². The standard InChI is InChI=1S/C12H7F3N4O2S/c13-12(14,15)11-18-10(19-21-11)8-2-1-7(22-8)9(20)6-5-16-3-4-17-6/h1-5,9,20H. The van der Waals surface area contributed by atoms with E-state index in [0.717, 1.165) is 11.3 Å². The third-order valence-corrected chi connectivity index (χ3v) is 3.78. The molecule has 114 valence electrons. The van der Waals surface area contributed by atoms with Crippen molar-refractivity contribution in [1.29, 1.82) is 0 Å². The number of aliphatic hydroxyl groups excluding tert-OH is 1. The lowest BCUT2D eigenvalue weighted by Crippen LogP contribution is -2.04. The van der Waals surface area contributed by atoms with Crippen LogP contribution in [0.15, 0.2) is 35.2 Å². The summed E-state index contributed by atoms with van der Waals surface area (Å²) in [7, 11) is 0. The first kappa shape index (κ1) is 14.6. The zero-order valence-corrected chi connectivity index (χ0v) is 11.5. The molecular formula is C12H7F3N4O2S. The Bertz CT molecular complexity index is 772. The summed E-state index contributed by atoms with van der Waals surface area (Å²) < 4.78 is 41.4. The Morgan fingerprint density at radius 1 is 1.23 bits per heavy atom. The summed E-state index contributed by atoms with van der Waals surface area (Å²) >= 11 is 1.04. The summed E-state index contributed by atoms with van der Waals surface area (Å²) in [6, 6.07) is 3.06.